The van der Waals surface area contributed by atoms with Crippen molar-refractivity contribution in [2.75, 3.05) is 21.3 Å². The van der Waals surface area contributed by atoms with Crippen molar-refractivity contribution in [2.45, 2.75) is 13.0 Å². The molecule has 1 atom stereocenters. The van der Waals surface area contributed by atoms with Gasteiger partial charge in [0.25, 0.3) is 5.91 Å². The third kappa shape index (κ3) is 4.30. The number of nitrogens with one attached hydrogen (secondary N) is 1. The van der Waals surface area contributed by atoms with E-state index < -0.39 is 16.1 Å². The second-order valence-electron chi connectivity index (χ2n) is 6.63. The van der Waals surface area contributed by atoms with E-state index in [-0.39, 0.29) is 17.5 Å². The van der Waals surface area contributed by atoms with Crippen molar-refractivity contribution in [1.29, 1.82) is 0 Å². The molecule has 0 aromatic heterocycles. The normalized spacial score (nSPS) is 16.2. The third-order valence-corrected chi connectivity index (χ3v) is 6.05. The first-order chi connectivity index (χ1) is 14.3. The molecule has 0 spiro atoms. The zero-order valence-electron chi connectivity index (χ0n) is 17.1. The first kappa shape index (κ1) is 21.4. The van der Waals surface area contributed by atoms with Gasteiger partial charge in [0, 0.05) is 12.6 Å². The van der Waals surface area contributed by atoms with Gasteiger partial charge < -0.3 is 14.8 Å². The fourth-order valence-corrected chi connectivity index (χ4v) is 3.91. The Morgan fingerprint density at radius 3 is 2.37 bits per heavy atom. The lowest BCUT2D eigenvalue weighted by atomic mass is 10.1. The molecule has 0 radical (unpaired) electrons. The first-order valence-electron chi connectivity index (χ1n) is 9.15. The van der Waals surface area contributed by atoms with Crippen molar-refractivity contribution < 1.29 is 22.7 Å². The quantitative estimate of drug-likeness (QED) is 0.761. The molecular weight excluding hydrogens is 406 g/mol. The largest absolute Gasteiger partial charge is 0.493 e. The van der Waals surface area contributed by atoms with E-state index in [0.29, 0.717) is 17.1 Å². The Kier molecular flexibility index (Phi) is 6.12. The molecule has 1 amide bonds. The number of rotatable bonds is 6. The molecule has 2 aromatic carbocycles. The molecule has 0 saturated carbocycles. The Balaban J connectivity index is 1.95. The van der Waals surface area contributed by atoms with Crippen LogP contribution in [0.3, 0.4) is 0 Å². The van der Waals surface area contributed by atoms with Crippen molar-refractivity contribution in [1.82, 2.24) is 9.62 Å². The molecule has 1 heterocycles. The summed E-state index contributed by atoms with van der Waals surface area (Å²) in [5.74, 6) is 0.396. The summed E-state index contributed by atoms with van der Waals surface area (Å²) in [6.07, 6.45) is 1.44. The number of methoxy groups -OCH3 is 2. The highest BCUT2D eigenvalue weighted by Gasteiger charge is 2.30. The van der Waals surface area contributed by atoms with Gasteiger partial charge in [-0.05, 0) is 36.8 Å². The van der Waals surface area contributed by atoms with Gasteiger partial charge >= 0.3 is 10.2 Å². The van der Waals surface area contributed by atoms with Crippen LogP contribution in [-0.2, 0) is 15.0 Å². The van der Waals surface area contributed by atoms with E-state index >= 15 is 0 Å². The highest BCUT2D eigenvalue weighted by Crippen LogP contribution is 2.29. The maximum atomic E-state index is 12.9. The average molecular weight is 429 g/mol. The number of allylic oxidation sites excluding steroid dienone is 1. The van der Waals surface area contributed by atoms with Crippen molar-refractivity contribution >= 4 is 21.8 Å². The molecule has 0 unspecified atom stereocenters. The summed E-state index contributed by atoms with van der Waals surface area (Å²) in [7, 11) is 0.212. The highest BCUT2D eigenvalue weighted by molar-refractivity contribution is 7.88. The first-order valence-corrected chi connectivity index (χ1v) is 10.5. The second-order valence-corrected chi connectivity index (χ2v) is 8.25. The molecule has 1 aliphatic heterocycles. The Bertz CT molecular complexity index is 1110. The zero-order valence-corrected chi connectivity index (χ0v) is 17.9. The predicted octanol–water partition coefficient (Wildman–Crippen LogP) is 2.44. The average Bonchev–Trinajstić information content (AvgIpc) is 2.75. The van der Waals surface area contributed by atoms with Gasteiger partial charge in [-0.15, -0.1) is 4.40 Å². The summed E-state index contributed by atoms with van der Waals surface area (Å²) in [5.41, 5.74) is 1.48. The van der Waals surface area contributed by atoms with E-state index in [2.05, 4.69) is 9.71 Å². The van der Waals surface area contributed by atoms with Crippen LogP contribution in [0.1, 0.15) is 24.1 Å². The molecule has 0 fully saturated rings. The summed E-state index contributed by atoms with van der Waals surface area (Å²) in [6.45, 7) is 1.83. The minimum atomic E-state index is -4.07. The van der Waals surface area contributed by atoms with Crippen molar-refractivity contribution in [3.8, 4) is 11.5 Å². The molecular formula is C21H23N3O5S. The van der Waals surface area contributed by atoms with Gasteiger partial charge in [-0.25, -0.2) is 4.31 Å². The van der Waals surface area contributed by atoms with Gasteiger partial charge in [0.15, 0.2) is 11.5 Å². The summed E-state index contributed by atoms with van der Waals surface area (Å²) in [5, 5.41) is 2.83. The molecule has 0 saturated heterocycles. The molecule has 8 nitrogen and oxygen atoms in total. The topological polar surface area (TPSA) is 97.3 Å². The lowest BCUT2D eigenvalue weighted by Crippen LogP contribution is -2.39. The SMILES string of the molecule is COc1ccc(C2=NS(=O)(=O)N(C)C(C(=O)N[C@H](C)c3ccccc3)=C2)cc1OC. The highest BCUT2D eigenvalue weighted by atomic mass is 32.2. The van der Waals surface area contributed by atoms with Crippen molar-refractivity contribution in [3.05, 3.63) is 71.4 Å². The molecule has 1 aliphatic rings. The standard InChI is InChI=1S/C21H23N3O5S/c1-14(15-8-6-5-7-9-15)22-21(25)18-13-17(23-30(26,27)24(18)2)16-10-11-19(28-3)20(12-16)29-4/h5-14H,1-4H3,(H,22,25)/t14-/m1/s1. The van der Waals surface area contributed by atoms with E-state index in [1.54, 1.807) is 18.2 Å². The number of ether oxygens (including phenoxy) is 2. The summed E-state index contributed by atoms with van der Waals surface area (Å²) >= 11 is 0. The summed E-state index contributed by atoms with van der Waals surface area (Å²) in [4.78, 5) is 12.9. The van der Waals surface area contributed by atoms with E-state index in [9.17, 15) is 13.2 Å². The van der Waals surface area contributed by atoms with E-state index in [4.69, 9.17) is 9.47 Å². The van der Waals surface area contributed by atoms with E-state index in [0.717, 1.165) is 9.87 Å². The van der Waals surface area contributed by atoms with Gasteiger partial charge in [0.05, 0.1) is 26.0 Å². The molecule has 1 N–H and O–H groups in total. The van der Waals surface area contributed by atoms with Crippen molar-refractivity contribution in [2.24, 2.45) is 4.40 Å². The number of nitrogens with zero attached hydrogens (tertiary/aromatic N) is 2. The lowest BCUT2D eigenvalue weighted by Gasteiger charge is -2.25. The van der Waals surface area contributed by atoms with Crippen LogP contribution in [0.4, 0.5) is 0 Å². The lowest BCUT2D eigenvalue weighted by molar-refractivity contribution is -0.119. The molecule has 158 valence electrons. The minimum absolute atomic E-state index is 0.0300. The van der Waals surface area contributed by atoms with E-state index in [1.165, 1.54) is 27.3 Å². The van der Waals surface area contributed by atoms with Gasteiger partial charge in [-0.3, -0.25) is 4.79 Å². The maximum absolute atomic E-state index is 12.9. The number of amides is 1. The maximum Gasteiger partial charge on any atom is 0.345 e. The number of likely N-dealkylation sites (N-methyl/N-ethyl adjacent to an activating group) is 1. The summed E-state index contributed by atoms with van der Waals surface area (Å²) < 4.78 is 40.3. The Labute approximate surface area is 176 Å². The van der Waals surface area contributed by atoms with Crippen LogP contribution in [0.25, 0.3) is 0 Å². The van der Waals surface area contributed by atoms with E-state index in [1.807, 2.05) is 37.3 Å². The summed E-state index contributed by atoms with van der Waals surface area (Å²) in [6, 6.07) is 14.0. The monoisotopic (exact) mass is 429 g/mol. The third-order valence-electron chi connectivity index (χ3n) is 4.73. The molecule has 9 heteroatoms. The van der Waals surface area contributed by atoms with Crippen LogP contribution in [-0.4, -0.2) is 45.6 Å². The second kappa shape index (κ2) is 8.58. The van der Waals surface area contributed by atoms with Crippen molar-refractivity contribution in [3.63, 3.8) is 0 Å². The Morgan fingerprint density at radius 2 is 1.73 bits per heavy atom. The number of hydrogen-bond donors (Lipinski definition) is 1. The van der Waals surface area contributed by atoms with Gasteiger partial charge in [-0.2, -0.15) is 8.42 Å². The molecule has 2 aromatic rings. The number of carbonyl (C=O) groups is 1. The van der Waals surface area contributed by atoms with Crippen LogP contribution in [0.15, 0.2) is 64.7 Å². The number of carbonyl (C=O) groups excluding carboxylic acids is 1. The van der Waals surface area contributed by atoms with Crippen LogP contribution < -0.4 is 14.8 Å². The molecule has 0 bridgehead atoms. The minimum Gasteiger partial charge on any atom is -0.493 e. The predicted molar refractivity (Wildman–Crippen MR) is 114 cm³/mol. The molecule has 30 heavy (non-hydrogen) atoms. The zero-order chi connectivity index (χ0) is 21.9. The van der Waals surface area contributed by atoms with Crippen LogP contribution >= 0.6 is 0 Å². The fourth-order valence-electron chi connectivity index (χ4n) is 2.99. The van der Waals surface area contributed by atoms with Crippen LogP contribution in [0.2, 0.25) is 0 Å². The number of hydrogen-bond acceptors (Lipinski definition) is 5. The molecule has 3 rings (SSSR count). The van der Waals surface area contributed by atoms with Crippen LogP contribution in [0, 0.1) is 0 Å². The van der Waals surface area contributed by atoms with Gasteiger partial charge in [0.2, 0.25) is 0 Å². The van der Waals surface area contributed by atoms with Crippen LogP contribution in [0.5, 0.6) is 11.5 Å². The smallest absolute Gasteiger partial charge is 0.345 e. The molecule has 0 aliphatic carbocycles. The van der Waals surface area contributed by atoms with Gasteiger partial charge in [0.1, 0.15) is 5.70 Å². The number of benzene rings is 2. The Morgan fingerprint density at radius 1 is 1.07 bits per heavy atom. The Hall–Kier alpha value is -3.33. The fraction of sp³-hybridized carbons (Fsp3) is 0.238. The van der Waals surface area contributed by atoms with Gasteiger partial charge in [-0.1, -0.05) is 30.3 Å².